The molecule has 1 saturated heterocycles. The molecule has 4 rings (SSSR count). The van der Waals surface area contributed by atoms with E-state index in [1.807, 2.05) is 0 Å². The van der Waals surface area contributed by atoms with Crippen LogP contribution in [0.25, 0.3) is 22.3 Å². The molecular weight excluding hydrogens is 524 g/mol. The number of rotatable bonds is 8. The molecule has 5 atom stereocenters. The van der Waals surface area contributed by atoms with Crippen LogP contribution in [0.15, 0.2) is 45.6 Å². The summed E-state index contributed by atoms with van der Waals surface area (Å²) in [5.41, 5.74) is -0.421. The van der Waals surface area contributed by atoms with Crippen LogP contribution in [0.3, 0.4) is 0 Å². The molecule has 6 N–H and O–H groups in total. The Kier molecular flexibility index (Phi) is 7.92. The van der Waals surface area contributed by atoms with E-state index in [9.17, 15) is 39.9 Å². The van der Waals surface area contributed by atoms with Crippen LogP contribution in [-0.2, 0) is 19.1 Å². The third kappa shape index (κ3) is 5.88. The van der Waals surface area contributed by atoms with Gasteiger partial charge in [-0.05, 0) is 18.2 Å². The second-order valence-corrected chi connectivity index (χ2v) is 8.56. The Bertz CT molecular complexity index is 1450. The van der Waals surface area contributed by atoms with E-state index in [0.29, 0.717) is 5.56 Å². The molecule has 0 radical (unpaired) electrons. The Morgan fingerprint density at radius 3 is 2.38 bits per heavy atom. The summed E-state index contributed by atoms with van der Waals surface area (Å²) in [6.07, 6.45) is -9.33. The second kappa shape index (κ2) is 11.2. The first-order valence-electron chi connectivity index (χ1n) is 11.4. The molecule has 2 heterocycles. The number of carboxylic acid groups (broad SMARTS) is 1. The molecule has 0 saturated carbocycles. The molecule has 1 aliphatic rings. The number of esters is 1. The lowest BCUT2D eigenvalue weighted by molar-refractivity contribution is -0.278. The van der Waals surface area contributed by atoms with E-state index in [0.717, 1.165) is 12.1 Å². The van der Waals surface area contributed by atoms with Crippen LogP contribution in [0.1, 0.15) is 6.42 Å². The summed E-state index contributed by atoms with van der Waals surface area (Å²) in [4.78, 5) is 34.9. The predicted octanol–water partition coefficient (Wildman–Crippen LogP) is 0.0841. The maximum Gasteiger partial charge on any atom is 0.317 e. The number of aliphatic hydroxyl groups is 3. The first kappa shape index (κ1) is 27.7. The number of methoxy groups -OCH3 is 1. The zero-order chi connectivity index (χ0) is 28.4. The van der Waals surface area contributed by atoms with Gasteiger partial charge in [0.25, 0.3) is 0 Å². The maximum absolute atomic E-state index is 12.7. The zero-order valence-corrected chi connectivity index (χ0v) is 20.2. The largest absolute Gasteiger partial charge is 0.507 e. The van der Waals surface area contributed by atoms with Gasteiger partial charge in [-0.2, -0.15) is 0 Å². The normalized spacial score (nSPS) is 22.8. The highest BCUT2D eigenvalue weighted by Gasteiger charge is 2.45. The Labute approximate surface area is 218 Å². The van der Waals surface area contributed by atoms with Gasteiger partial charge in [0.05, 0.1) is 7.11 Å². The lowest BCUT2D eigenvalue weighted by atomic mass is 9.99. The molecule has 14 heteroatoms. The van der Waals surface area contributed by atoms with Gasteiger partial charge in [-0.25, -0.2) is 0 Å². The summed E-state index contributed by atoms with van der Waals surface area (Å²) in [5.74, 6) is -3.23. The fraction of sp³-hybridized carbons (Fsp3) is 0.320. The number of fused-ring (bicyclic) bond motifs is 1. The van der Waals surface area contributed by atoms with Gasteiger partial charge in [-0.3, -0.25) is 14.4 Å². The van der Waals surface area contributed by atoms with E-state index >= 15 is 0 Å². The summed E-state index contributed by atoms with van der Waals surface area (Å²) in [7, 11) is 1.37. The van der Waals surface area contributed by atoms with E-state index in [1.54, 1.807) is 0 Å². The number of aliphatic carboxylic acids is 1. The highest BCUT2D eigenvalue weighted by molar-refractivity contribution is 5.90. The third-order valence-electron chi connectivity index (χ3n) is 5.87. The zero-order valence-electron chi connectivity index (χ0n) is 20.2. The van der Waals surface area contributed by atoms with Crippen molar-refractivity contribution in [1.82, 2.24) is 0 Å². The number of hydrogen-bond donors (Lipinski definition) is 6. The number of phenolic OH excluding ortho intramolecular Hbond substituents is 2. The molecule has 1 aromatic heterocycles. The molecule has 14 nitrogen and oxygen atoms in total. The summed E-state index contributed by atoms with van der Waals surface area (Å²) in [6.45, 7) is -0.660. The lowest BCUT2D eigenvalue weighted by Crippen LogP contribution is -2.60. The summed E-state index contributed by atoms with van der Waals surface area (Å²) in [6, 6.07) is 7.66. The van der Waals surface area contributed by atoms with Crippen molar-refractivity contribution >= 4 is 22.9 Å². The first-order valence-corrected chi connectivity index (χ1v) is 11.4. The molecule has 0 unspecified atom stereocenters. The highest BCUT2D eigenvalue weighted by Crippen LogP contribution is 2.35. The number of ether oxygens (including phenoxy) is 4. The quantitative estimate of drug-likeness (QED) is 0.162. The Morgan fingerprint density at radius 1 is 0.974 bits per heavy atom. The van der Waals surface area contributed by atoms with Crippen molar-refractivity contribution in [2.75, 3.05) is 13.7 Å². The van der Waals surface area contributed by atoms with Gasteiger partial charge in [-0.15, -0.1) is 0 Å². The van der Waals surface area contributed by atoms with Crippen LogP contribution in [-0.4, -0.2) is 87.0 Å². The molecule has 0 aliphatic carbocycles. The number of carbonyl (C=O) groups excluding carboxylic acids is 1. The SMILES string of the molecule is COc1ccc(-c2cc(=O)c3c(O)cc(O[C@@H]4O[C@H](COC(=O)CC(=O)O)[C@H](O)[C@H](O)[C@H]4O)cc3o2)cc1O. The van der Waals surface area contributed by atoms with Crippen molar-refractivity contribution in [3.05, 3.63) is 46.6 Å². The molecular formula is C25H24O14. The molecule has 208 valence electrons. The number of carboxylic acids is 1. The van der Waals surface area contributed by atoms with E-state index in [1.165, 1.54) is 31.4 Å². The second-order valence-electron chi connectivity index (χ2n) is 8.56. The smallest absolute Gasteiger partial charge is 0.317 e. The van der Waals surface area contributed by atoms with E-state index < -0.39 is 66.9 Å². The molecule has 0 spiro atoms. The average Bonchev–Trinajstić information content (AvgIpc) is 2.87. The maximum atomic E-state index is 12.7. The van der Waals surface area contributed by atoms with Crippen molar-refractivity contribution in [2.24, 2.45) is 0 Å². The van der Waals surface area contributed by atoms with Crippen LogP contribution in [0.5, 0.6) is 23.0 Å². The van der Waals surface area contributed by atoms with Gasteiger partial charge >= 0.3 is 11.9 Å². The van der Waals surface area contributed by atoms with Gasteiger partial charge in [0.15, 0.2) is 16.9 Å². The monoisotopic (exact) mass is 548 g/mol. The highest BCUT2D eigenvalue weighted by atomic mass is 16.7. The standard InChI is InChI=1S/C25H24O14/c1-35-15-3-2-10(4-12(15)26)16-7-14(28)21-13(27)5-11(6-17(21)38-16)37-25-24(34)23(33)22(32)18(39-25)9-36-20(31)8-19(29)30/h2-7,18,22-27,32-34H,8-9H2,1H3,(H,29,30)/t18-,22+,23+,24-,25-/m1/s1. The van der Waals surface area contributed by atoms with Crippen LogP contribution < -0.4 is 14.9 Å². The molecule has 0 amide bonds. The fourth-order valence-corrected chi connectivity index (χ4v) is 3.93. The van der Waals surface area contributed by atoms with Crippen molar-refractivity contribution < 1.29 is 63.6 Å². The van der Waals surface area contributed by atoms with E-state index in [-0.39, 0.29) is 34.0 Å². The topological polar surface area (TPSA) is 223 Å². The van der Waals surface area contributed by atoms with Crippen LogP contribution in [0.4, 0.5) is 0 Å². The minimum atomic E-state index is -1.81. The minimum Gasteiger partial charge on any atom is -0.507 e. The van der Waals surface area contributed by atoms with Crippen molar-refractivity contribution in [3.8, 4) is 34.3 Å². The van der Waals surface area contributed by atoms with Gasteiger partial charge in [-0.1, -0.05) is 0 Å². The van der Waals surface area contributed by atoms with Crippen LogP contribution >= 0.6 is 0 Å². The molecule has 3 aromatic rings. The molecule has 1 aliphatic heterocycles. The number of aromatic hydroxyl groups is 2. The Morgan fingerprint density at radius 2 is 1.72 bits per heavy atom. The number of aliphatic hydroxyl groups excluding tert-OH is 3. The fourth-order valence-electron chi connectivity index (χ4n) is 3.93. The average molecular weight is 548 g/mol. The third-order valence-corrected chi connectivity index (χ3v) is 5.87. The first-order chi connectivity index (χ1) is 18.5. The lowest BCUT2D eigenvalue weighted by Gasteiger charge is -2.39. The minimum absolute atomic E-state index is 0.0396. The molecule has 1 fully saturated rings. The van der Waals surface area contributed by atoms with Gasteiger partial charge in [0.2, 0.25) is 6.29 Å². The number of carbonyl (C=O) groups is 2. The molecule has 2 aromatic carbocycles. The summed E-state index contributed by atoms with van der Waals surface area (Å²) >= 11 is 0. The molecule has 39 heavy (non-hydrogen) atoms. The van der Waals surface area contributed by atoms with Crippen molar-refractivity contribution in [1.29, 1.82) is 0 Å². The van der Waals surface area contributed by atoms with Crippen molar-refractivity contribution in [3.63, 3.8) is 0 Å². The van der Waals surface area contributed by atoms with E-state index in [2.05, 4.69) is 0 Å². The molecule has 0 bridgehead atoms. The van der Waals surface area contributed by atoms with Gasteiger partial charge < -0.3 is 54.0 Å². The van der Waals surface area contributed by atoms with Gasteiger partial charge in [0, 0.05) is 23.8 Å². The van der Waals surface area contributed by atoms with Crippen LogP contribution in [0.2, 0.25) is 0 Å². The summed E-state index contributed by atoms with van der Waals surface area (Å²) < 4.78 is 26.5. The number of hydrogen-bond acceptors (Lipinski definition) is 13. The Hall–Kier alpha value is -4.37. The Balaban J connectivity index is 1.60. The van der Waals surface area contributed by atoms with Crippen LogP contribution in [0, 0.1) is 0 Å². The van der Waals surface area contributed by atoms with Crippen molar-refractivity contribution in [2.45, 2.75) is 37.1 Å². The van der Waals surface area contributed by atoms with E-state index in [4.69, 9.17) is 28.5 Å². The number of benzene rings is 2. The predicted molar refractivity (Wildman–Crippen MR) is 128 cm³/mol. The number of phenols is 2. The van der Waals surface area contributed by atoms with Gasteiger partial charge in [0.1, 0.15) is 65.7 Å². The summed E-state index contributed by atoms with van der Waals surface area (Å²) in [5, 5.41) is 59.8.